The second kappa shape index (κ2) is 5.65. The summed E-state index contributed by atoms with van der Waals surface area (Å²) in [5.41, 5.74) is 6.20. The van der Waals surface area contributed by atoms with Gasteiger partial charge in [0, 0.05) is 24.9 Å². The van der Waals surface area contributed by atoms with Gasteiger partial charge < -0.3 is 15.7 Å². The summed E-state index contributed by atoms with van der Waals surface area (Å²) in [5.74, 6) is 0.733. The lowest BCUT2D eigenvalue weighted by Crippen LogP contribution is -2.28. The molecule has 1 aromatic carbocycles. The molecule has 0 saturated carbocycles. The molecule has 0 atom stereocenters. The van der Waals surface area contributed by atoms with Gasteiger partial charge in [-0.25, -0.2) is 0 Å². The van der Waals surface area contributed by atoms with Gasteiger partial charge >= 0.3 is 0 Å². The summed E-state index contributed by atoms with van der Waals surface area (Å²) >= 11 is 1.68. The van der Waals surface area contributed by atoms with Gasteiger partial charge in [0.25, 0.3) is 5.91 Å². The molecule has 0 saturated heterocycles. The highest BCUT2D eigenvalue weighted by molar-refractivity contribution is 7.98. The topological polar surface area (TPSA) is 66.6 Å². The number of nitrogens with zero attached hydrogens (tertiary/aromatic N) is 1. The van der Waals surface area contributed by atoms with Crippen LogP contribution in [0.2, 0.25) is 0 Å². The first-order valence-corrected chi connectivity index (χ1v) is 6.28. The lowest BCUT2D eigenvalue weighted by Gasteiger charge is -2.16. The van der Waals surface area contributed by atoms with Gasteiger partial charge in [-0.2, -0.15) is 11.8 Å². The lowest BCUT2D eigenvalue weighted by molar-refractivity contribution is 0.0803. The molecular weight excluding hydrogens is 224 g/mol. The van der Waals surface area contributed by atoms with Crippen molar-refractivity contribution in [2.75, 3.05) is 31.3 Å². The Hall–Kier alpha value is -1.36. The number of amides is 1. The number of hydrogen-bond acceptors (Lipinski definition) is 4. The molecule has 88 valence electrons. The summed E-state index contributed by atoms with van der Waals surface area (Å²) in [6, 6.07) is 4.55. The third-order valence-corrected chi connectivity index (χ3v) is 2.85. The number of carbonyl (C=O) groups is 1. The summed E-state index contributed by atoms with van der Waals surface area (Å²) in [4.78, 5) is 13.5. The molecule has 1 amide bonds. The van der Waals surface area contributed by atoms with E-state index in [0.717, 1.165) is 5.75 Å². The molecule has 0 aliphatic carbocycles. The van der Waals surface area contributed by atoms with Gasteiger partial charge in [-0.15, -0.1) is 0 Å². The molecule has 1 aromatic rings. The maximum Gasteiger partial charge on any atom is 0.253 e. The first-order chi connectivity index (χ1) is 7.56. The minimum Gasteiger partial charge on any atom is -0.506 e. The van der Waals surface area contributed by atoms with E-state index in [1.54, 1.807) is 29.8 Å². The number of nitrogen functional groups attached to an aromatic ring is 1. The van der Waals surface area contributed by atoms with Crippen LogP contribution in [0.4, 0.5) is 5.69 Å². The first-order valence-electron chi connectivity index (χ1n) is 4.89. The molecule has 0 bridgehead atoms. The number of anilines is 1. The molecule has 0 aliphatic rings. The van der Waals surface area contributed by atoms with E-state index in [-0.39, 0.29) is 17.3 Å². The van der Waals surface area contributed by atoms with Crippen LogP contribution in [0.1, 0.15) is 10.4 Å². The molecule has 0 aliphatic heterocycles. The number of carbonyl (C=O) groups excluding carboxylic acids is 1. The van der Waals surface area contributed by atoms with Crippen molar-refractivity contribution >= 4 is 23.4 Å². The highest BCUT2D eigenvalue weighted by Crippen LogP contribution is 2.21. The van der Waals surface area contributed by atoms with Crippen LogP contribution in [0.5, 0.6) is 5.75 Å². The Balaban J connectivity index is 2.76. The molecule has 0 radical (unpaired) electrons. The molecule has 5 heteroatoms. The average molecular weight is 240 g/mol. The smallest absolute Gasteiger partial charge is 0.253 e. The Labute approximate surface area is 99.4 Å². The van der Waals surface area contributed by atoms with Crippen LogP contribution < -0.4 is 5.73 Å². The van der Waals surface area contributed by atoms with Gasteiger partial charge in [0.05, 0.1) is 5.69 Å². The predicted octanol–water partition coefficient (Wildman–Crippen LogP) is 1.41. The number of hydrogen-bond donors (Lipinski definition) is 2. The second-order valence-corrected chi connectivity index (χ2v) is 4.48. The van der Waals surface area contributed by atoms with Gasteiger partial charge in [0.2, 0.25) is 0 Å². The molecular formula is C11H16N2O2S. The van der Waals surface area contributed by atoms with Crippen LogP contribution in [-0.2, 0) is 0 Å². The maximum absolute atomic E-state index is 11.9. The number of phenols is 1. The quantitative estimate of drug-likeness (QED) is 0.617. The van der Waals surface area contributed by atoms with Crippen molar-refractivity contribution in [3.8, 4) is 5.75 Å². The van der Waals surface area contributed by atoms with Gasteiger partial charge in [-0.3, -0.25) is 4.79 Å². The van der Waals surface area contributed by atoms with Crippen LogP contribution in [0, 0.1) is 0 Å². The first kappa shape index (κ1) is 12.7. The molecule has 0 fully saturated rings. The number of aromatic hydroxyl groups is 1. The Kier molecular flexibility index (Phi) is 4.49. The van der Waals surface area contributed by atoms with Crippen LogP contribution in [0.25, 0.3) is 0 Å². The summed E-state index contributed by atoms with van der Waals surface area (Å²) in [6.45, 7) is 0.686. The Morgan fingerprint density at radius 2 is 2.25 bits per heavy atom. The monoisotopic (exact) mass is 240 g/mol. The van der Waals surface area contributed by atoms with Gasteiger partial charge in [0.1, 0.15) is 5.75 Å². The number of benzene rings is 1. The minimum absolute atomic E-state index is 0.0517. The van der Waals surface area contributed by atoms with E-state index < -0.39 is 0 Å². The van der Waals surface area contributed by atoms with E-state index in [2.05, 4.69) is 0 Å². The number of rotatable bonds is 4. The fraction of sp³-hybridized carbons (Fsp3) is 0.364. The molecule has 3 N–H and O–H groups in total. The van der Waals surface area contributed by atoms with Crippen molar-refractivity contribution in [2.45, 2.75) is 0 Å². The van der Waals surface area contributed by atoms with E-state index in [4.69, 9.17) is 5.73 Å². The van der Waals surface area contributed by atoms with Crippen molar-refractivity contribution in [1.82, 2.24) is 4.90 Å². The van der Waals surface area contributed by atoms with Gasteiger partial charge in [-0.05, 0) is 24.5 Å². The van der Waals surface area contributed by atoms with Crippen LogP contribution in [0.3, 0.4) is 0 Å². The van der Waals surface area contributed by atoms with Gasteiger partial charge in [0.15, 0.2) is 0 Å². The fourth-order valence-corrected chi connectivity index (χ4v) is 1.68. The molecule has 0 aromatic heterocycles. The average Bonchev–Trinajstić information content (AvgIpc) is 2.28. The summed E-state index contributed by atoms with van der Waals surface area (Å²) in [6.07, 6.45) is 1.99. The zero-order chi connectivity index (χ0) is 12.1. The van der Waals surface area contributed by atoms with Crippen molar-refractivity contribution in [2.24, 2.45) is 0 Å². The van der Waals surface area contributed by atoms with E-state index in [1.807, 2.05) is 6.26 Å². The largest absolute Gasteiger partial charge is 0.506 e. The maximum atomic E-state index is 11.9. The van der Waals surface area contributed by atoms with Crippen LogP contribution in [0.15, 0.2) is 18.2 Å². The Morgan fingerprint density at radius 1 is 1.56 bits per heavy atom. The molecule has 0 spiro atoms. The summed E-state index contributed by atoms with van der Waals surface area (Å²) in [5, 5.41) is 9.41. The number of nitrogens with two attached hydrogens (primary N) is 1. The SMILES string of the molecule is CSCCN(C)C(=O)c1ccc(N)c(O)c1. The van der Waals surface area contributed by atoms with Gasteiger partial charge in [-0.1, -0.05) is 0 Å². The van der Waals surface area contributed by atoms with Crippen LogP contribution in [-0.4, -0.2) is 41.5 Å². The summed E-state index contributed by atoms with van der Waals surface area (Å²) in [7, 11) is 1.74. The standard InChI is InChI=1S/C11H16N2O2S/c1-13(5-6-16-2)11(15)8-3-4-9(12)10(14)7-8/h3-4,7,14H,5-6,12H2,1-2H3. The van der Waals surface area contributed by atoms with Crippen molar-refractivity contribution in [3.05, 3.63) is 23.8 Å². The van der Waals surface area contributed by atoms with E-state index in [1.165, 1.54) is 12.1 Å². The van der Waals surface area contributed by atoms with E-state index in [0.29, 0.717) is 12.1 Å². The molecule has 0 heterocycles. The molecule has 1 rings (SSSR count). The molecule has 16 heavy (non-hydrogen) atoms. The highest BCUT2D eigenvalue weighted by atomic mass is 32.2. The Bertz CT molecular complexity index is 382. The predicted molar refractivity (Wildman–Crippen MR) is 67.9 cm³/mol. The summed E-state index contributed by atoms with van der Waals surface area (Å²) < 4.78 is 0. The number of thioether (sulfide) groups is 1. The third-order valence-electron chi connectivity index (χ3n) is 2.25. The third kappa shape index (κ3) is 3.06. The molecule has 0 unspecified atom stereocenters. The zero-order valence-corrected chi connectivity index (χ0v) is 10.3. The van der Waals surface area contributed by atoms with Crippen molar-refractivity contribution in [1.29, 1.82) is 0 Å². The van der Waals surface area contributed by atoms with E-state index in [9.17, 15) is 9.90 Å². The highest BCUT2D eigenvalue weighted by Gasteiger charge is 2.12. The normalized spacial score (nSPS) is 10.1. The Morgan fingerprint density at radius 3 is 2.81 bits per heavy atom. The van der Waals surface area contributed by atoms with Crippen LogP contribution >= 0.6 is 11.8 Å². The number of phenolic OH excluding ortho intramolecular Hbond substituents is 1. The van der Waals surface area contributed by atoms with Crippen molar-refractivity contribution in [3.63, 3.8) is 0 Å². The van der Waals surface area contributed by atoms with E-state index >= 15 is 0 Å². The van der Waals surface area contributed by atoms with Crippen molar-refractivity contribution < 1.29 is 9.90 Å². The molecule has 4 nitrogen and oxygen atoms in total. The second-order valence-electron chi connectivity index (χ2n) is 3.49. The zero-order valence-electron chi connectivity index (χ0n) is 9.43. The lowest BCUT2D eigenvalue weighted by atomic mass is 10.1. The minimum atomic E-state index is -0.107. The fourth-order valence-electron chi connectivity index (χ4n) is 1.23.